The third kappa shape index (κ3) is 9.80. The number of quaternary nitrogens is 1. The van der Waals surface area contributed by atoms with Crippen molar-refractivity contribution in [1.82, 2.24) is 5.32 Å². The maximum atomic E-state index is 13.6. The van der Waals surface area contributed by atoms with Gasteiger partial charge in [-0.2, -0.15) is 0 Å². The molecule has 4 fully saturated rings. The number of aliphatic hydroxyl groups is 1. The third-order valence-corrected chi connectivity index (χ3v) is 11.4. The highest BCUT2D eigenvalue weighted by Gasteiger charge is 2.49. The SMILES string of the molecule is C=C(N)S/N=C(C)/C(=N/OC(C)(C)C(O)=C1CC1)C(=O)CSC/C(C[N+]12CCC(Cc3ccc(O)c(O)c3O)(CC1)CC2)=C(\NC=O)C(=O)OC. The highest BCUT2D eigenvalue weighted by atomic mass is 32.2. The molecule has 3 saturated heterocycles. The zero-order chi connectivity index (χ0) is 37.6. The number of nitrogens with two attached hydrogens (primary N) is 1. The molecule has 5 rings (SSSR count). The largest absolute Gasteiger partial charge is 0.508 e. The number of carbonyl (C=O) groups is 3. The Labute approximate surface area is 306 Å². The van der Waals surface area contributed by atoms with E-state index in [9.17, 15) is 34.8 Å². The monoisotopic (exact) mass is 746 g/mol. The summed E-state index contributed by atoms with van der Waals surface area (Å²) in [4.78, 5) is 43.8. The molecule has 0 atom stereocenters. The van der Waals surface area contributed by atoms with Crippen LogP contribution in [0, 0.1) is 5.41 Å². The fourth-order valence-corrected chi connectivity index (χ4v) is 7.86. The lowest BCUT2D eigenvalue weighted by Gasteiger charge is -2.55. The average Bonchev–Trinajstić information content (AvgIpc) is 3.95. The van der Waals surface area contributed by atoms with E-state index in [0.717, 1.165) is 69.3 Å². The number of phenolic OH excluding ortho intramolecular Hbond substituents is 3. The van der Waals surface area contributed by atoms with Gasteiger partial charge < -0.3 is 45.5 Å². The van der Waals surface area contributed by atoms with Crippen LogP contribution in [0.5, 0.6) is 17.2 Å². The highest BCUT2D eigenvalue weighted by molar-refractivity contribution is 8.02. The zero-order valence-electron chi connectivity index (χ0n) is 29.5. The summed E-state index contributed by atoms with van der Waals surface area (Å²) in [5, 5.41) is 47.7. The van der Waals surface area contributed by atoms with E-state index >= 15 is 0 Å². The van der Waals surface area contributed by atoms with Crippen molar-refractivity contribution in [2.45, 2.75) is 64.9 Å². The fraction of sp³-hybridized carbons (Fsp3) is 0.514. The molecule has 1 amide bonds. The molecular weight excluding hydrogens is 699 g/mol. The fourth-order valence-electron chi connectivity index (χ4n) is 6.61. The van der Waals surface area contributed by atoms with Gasteiger partial charge in [-0.05, 0) is 62.7 Å². The van der Waals surface area contributed by atoms with Gasteiger partial charge >= 0.3 is 5.97 Å². The van der Waals surface area contributed by atoms with Crippen molar-refractivity contribution >= 4 is 53.3 Å². The summed E-state index contributed by atoms with van der Waals surface area (Å²) in [6, 6.07) is 3.02. The lowest BCUT2D eigenvalue weighted by atomic mass is 9.67. The van der Waals surface area contributed by atoms with Gasteiger partial charge in [0, 0.05) is 42.5 Å². The summed E-state index contributed by atoms with van der Waals surface area (Å²) in [6.07, 6.45) is 5.02. The van der Waals surface area contributed by atoms with Crippen LogP contribution in [-0.2, 0) is 30.4 Å². The van der Waals surface area contributed by atoms with Crippen LogP contribution in [0.25, 0.3) is 0 Å². The molecule has 1 aromatic carbocycles. The molecule has 0 spiro atoms. The van der Waals surface area contributed by atoms with Gasteiger partial charge in [0.25, 0.3) is 0 Å². The van der Waals surface area contributed by atoms with Crippen molar-refractivity contribution in [3.63, 3.8) is 0 Å². The van der Waals surface area contributed by atoms with Crippen LogP contribution in [0.3, 0.4) is 0 Å². The number of allylic oxidation sites excluding steroid dienone is 1. The quantitative estimate of drug-likeness (QED) is 0.0144. The van der Waals surface area contributed by atoms with Gasteiger partial charge in [0.2, 0.25) is 12.2 Å². The van der Waals surface area contributed by atoms with E-state index in [1.807, 2.05) is 0 Å². The number of esters is 1. The number of thioether (sulfide) groups is 1. The number of carbonyl (C=O) groups excluding carboxylic acids is 3. The van der Waals surface area contributed by atoms with E-state index in [1.165, 1.54) is 24.9 Å². The van der Waals surface area contributed by atoms with Crippen LogP contribution >= 0.6 is 23.7 Å². The lowest BCUT2D eigenvalue weighted by molar-refractivity contribution is -0.941. The van der Waals surface area contributed by atoms with Crippen LogP contribution in [-0.4, -0.2) is 105 Å². The summed E-state index contributed by atoms with van der Waals surface area (Å²) >= 11 is 2.13. The van der Waals surface area contributed by atoms with Crippen LogP contribution < -0.4 is 11.1 Å². The van der Waals surface area contributed by atoms with Crippen molar-refractivity contribution in [3.05, 3.63) is 51.9 Å². The van der Waals surface area contributed by atoms with Gasteiger partial charge in [-0.1, -0.05) is 17.8 Å². The van der Waals surface area contributed by atoms with Gasteiger partial charge in [0.05, 0.1) is 43.2 Å². The molecule has 3 heterocycles. The van der Waals surface area contributed by atoms with E-state index in [1.54, 1.807) is 26.8 Å². The van der Waals surface area contributed by atoms with Crippen molar-refractivity contribution in [1.29, 1.82) is 0 Å². The second-order valence-electron chi connectivity index (χ2n) is 13.9. The first-order valence-electron chi connectivity index (χ1n) is 16.6. The van der Waals surface area contributed by atoms with E-state index in [0.29, 0.717) is 35.0 Å². The Morgan fingerprint density at radius 1 is 1.12 bits per heavy atom. The number of nitrogens with zero attached hydrogens (tertiary/aromatic N) is 3. The summed E-state index contributed by atoms with van der Waals surface area (Å²) in [6.45, 7) is 11.3. The number of ketones is 1. The molecule has 14 nitrogen and oxygen atoms in total. The Balaban J connectivity index is 1.51. The number of Topliss-reactive ketones (excluding diaryl/α,β-unsaturated/α-hetero) is 1. The normalized spacial score (nSPS) is 22.2. The standard InChI is InChI=1S/C35H47N5O9S2/c1-21(39-51-22(2)36)28(38-49-34(3,4)32(46)23-6-7-23)27(43)19-50-18-25(29(37-20-41)33(47)48-5)17-40-13-10-35(11-14-40,12-15-40)16-24-8-9-26(42)31(45)30(24)44/h8-9,20H,2,6-7,10-19,36H2,1,3-5H3,(H4-,37,38,39,41,42,43,44,45,46)/p+1/b29-25-. The molecule has 51 heavy (non-hydrogen) atoms. The first-order valence-corrected chi connectivity index (χ1v) is 18.5. The average molecular weight is 747 g/mol. The molecule has 7 N–H and O–H groups in total. The number of aliphatic hydroxyl groups excluding tert-OH is 1. The number of hydrogen-bond acceptors (Lipinski definition) is 14. The van der Waals surface area contributed by atoms with Crippen molar-refractivity contribution in [2.75, 3.05) is 44.8 Å². The molecule has 278 valence electrons. The summed E-state index contributed by atoms with van der Waals surface area (Å²) in [7, 11) is 1.24. The van der Waals surface area contributed by atoms with Gasteiger partial charge in [-0.25, -0.2) is 9.19 Å². The Morgan fingerprint density at radius 3 is 2.33 bits per heavy atom. The molecule has 4 aliphatic rings. The summed E-state index contributed by atoms with van der Waals surface area (Å²) in [5.74, 6) is -2.06. The number of ether oxygens (including phenoxy) is 1. The molecule has 0 unspecified atom stereocenters. The molecule has 16 heteroatoms. The van der Waals surface area contributed by atoms with Crippen molar-refractivity contribution in [3.8, 4) is 17.2 Å². The molecule has 2 bridgehead atoms. The number of rotatable bonds is 18. The number of aromatic hydroxyl groups is 3. The van der Waals surface area contributed by atoms with Crippen LogP contribution in [0.1, 0.15) is 58.4 Å². The maximum absolute atomic E-state index is 13.6. The lowest BCUT2D eigenvalue weighted by Crippen LogP contribution is -2.63. The smallest absolute Gasteiger partial charge is 0.354 e. The number of fused-ring (bicyclic) bond motifs is 3. The van der Waals surface area contributed by atoms with E-state index in [-0.39, 0.29) is 56.3 Å². The minimum absolute atomic E-state index is 0.0324. The molecule has 1 aromatic rings. The number of amides is 1. The molecular formula is C35H48N5O9S2+. The third-order valence-electron chi connectivity index (χ3n) is 9.79. The zero-order valence-corrected chi connectivity index (χ0v) is 31.1. The van der Waals surface area contributed by atoms with Crippen LogP contribution in [0.4, 0.5) is 0 Å². The molecule has 0 radical (unpaired) electrons. The summed E-state index contributed by atoms with van der Waals surface area (Å²) < 4.78 is 9.93. The van der Waals surface area contributed by atoms with E-state index in [4.69, 9.17) is 15.3 Å². The maximum Gasteiger partial charge on any atom is 0.354 e. The highest BCUT2D eigenvalue weighted by Crippen LogP contribution is 2.49. The van der Waals surface area contributed by atoms with E-state index < -0.39 is 23.1 Å². The van der Waals surface area contributed by atoms with Gasteiger partial charge in [-0.15, -0.1) is 11.8 Å². The van der Waals surface area contributed by atoms with Crippen molar-refractivity contribution < 1.29 is 48.9 Å². The first kappa shape index (κ1) is 39.6. The second kappa shape index (κ2) is 16.5. The van der Waals surface area contributed by atoms with Crippen molar-refractivity contribution in [2.24, 2.45) is 20.7 Å². The first-order chi connectivity index (χ1) is 24.1. The van der Waals surface area contributed by atoms with Gasteiger partial charge in [0.1, 0.15) is 18.0 Å². The number of methoxy groups -OCH3 is 1. The molecule has 0 aromatic heterocycles. The number of benzene rings is 1. The topological polar surface area (TPSA) is 213 Å². The molecule has 1 saturated carbocycles. The Bertz CT molecular complexity index is 1650. The number of oxime groups is 1. The van der Waals surface area contributed by atoms with Gasteiger partial charge in [0.15, 0.2) is 28.6 Å². The number of phenols is 3. The minimum Gasteiger partial charge on any atom is -0.508 e. The van der Waals surface area contributed by atoms with Crippen LogP contribution in [0.2, 0.25) is 0 Å². The number of hydrogen-bond donors (Lipinski definition) is 6. The Morgan fingerprint density at radius 2 is 1.76 bits per heavy atom. The predicted octanol–water partition coefficient (Wildman–Crippen LogP) is 4.12. The second-order valence-corrected chi connectivity index (χ2v) is 15.8. The predicted molar refractivity (Wildman–Crippen MR) is 197 cm³/mol. The van der Waals surface area contributed by atoms with Gasteiger partial charge in [-0.3, -0.25) is 9.59 Å². The Kier molecular flexibility index (Phi) is 12.8. The minimum atomic E-state index is -1.16. The number of piperidine rings is 3. The van der Waals surface area contributed by atoms with E-state index in [2.05, 4.69) is 21.4 Å². The molecule has 3 aliphatic heterocycles. The Hall–Kier alpha value is -4.15. The summed E-state index contributed by atoms with van der Waals surface area (Å²) in [5.41, 5.74) is 6.71. The molecule has 1 aliphatic carbocycles. The van der Waals surface area contributed by atoms with Crippen LogP contribution in [0.15, 0.2) is 55.9 Å². The number of nitrogens with one attached hydrogen (secondary N) is 1.